The van der Waals surface area contributed by atoms with E-state index >= 15 is 0 Å². The van der Waals surface area contributed by atoms with Crippen molar-refractivity contribution >= 4 is 10.8 Å². The lowest BCUT2D eigenvalue weighted by Crippen LogP contribution is -2.28. The van der Waals surface area contributed by atoms with Gasteiger partial charge in [-0.3, -0.25) is 0 Å². The first-order valence-corrected chi connectivity index (χ1v) is 14.7. The molecule has 0 heterocycles. The molecule has 0 heteroatoms. The van der Waals surface area contributed by atoms with Crippen LogP contribution >= 0.6 is 0 Å². The fraction of sp³-hybridized carbons (Fsp3) is 0.0476. The van der Waals surface area contributed by atoms with Gasteiger partial charge in [-0.1, -0.05) is 163 Å². The summed E-state index contributed by atoms with van der Waals surface area (Å²) < 4.78 is 0. The van der Waals surface area contributed by atoms with Gasteiger partial charge in [0.15, 0.2) is 0 Å². The minimum Gasteiger partial charge on any atom is -0.0622 e. The van der Waals surface area contributed by atoms with Gasteiger partial charge in [0.1, 0.15) is 0 Å². The number of aryl methyl sites for hydroxylation is 1. The van der Waals surface area contributed by atoms with Crippen molar-refractivity contribution in [2.45, 2.75) is 12.3 Å². The van der Waals surface area contributed by atoms with Gasteiger partial charge in [0.05, 0.1) is 5.41 Å². The molecule has 0 radical (unpaired) electrons. The van der Waals surface area contributed by atoms with Crippen molar-refractivity contribution in [2.75, 3.05) is 0 Å². The van der Waals surface area contributed by atoms with Gasteiger partial charge in [-0.2, -0.15) is 0 Å². The van der Waals surface area contributed by atoms with Crippen LogP contribution < -0.4 is 0 Å². The highest BCUT2D eigenvalue weighted by atomic mass is 14.5. The van der Waals surface area contributed by atoms with Crippen molar-refractivity contribution in [3.8, 4) is 33.4 Å². The van der Waals surface area contributed by atoms with Gasteiger partial charge in [0, 0.05) is 0 Å². The Kier molecular flexibility index (Phi) is 5.69. The molecule has 198 valence electrons. The monoisotopic (exact) mass is 534 g/mol. The van der Waals surface area contributed by atoms with Crippen molar-refractivity contribution < 1.29 is 0 Å². The van der Waals surface area contributed by atoms with Gasteiger partial charge < -0.3 is 0 Å². The fourth-order valence-corrected chi connectivity index (χ4v) is 7.16. The van der Waals surface area contributed by atoms with Crippen LogP contribution in [0.25, 0.3) is 44.2 Å². The van der Waals surface area contributed by atoms with Gasteiger partial charge in [-0.05, 0) is 79.4 Å². The summed E-state index contributed by atoms with van der Waals surface area (Å²) in [5, 5.41) is 2.53. The van der Waals surface area contributed by atoms with E-state index in [1.165, 1.54) is 72.0 Å². The SMILES string of the molecule is Cc1ccc(-c2ccc3ccccc3c2-c2ccc3c(c2)C(c2ccccc2)(c2ccccc2)c2ccccc2-3)cc1. The van der Waals surface area contributed by atoms with Crippen molar-refractivity contribution in [1.29, 1.82) is 0 Å². The van der Waals surface area contributed by atoms with Crippen LogP contribution in [0.4, 0.5) is 0 Å². The normalized spacial score (nSPS) is 13.1. The lowest BCUT2D eigenvalue weighted by molar-refractivity contribution is 0.769. The molecule has 0 saturated heterocycles. The van der Waals surface area contributed by atoms with Gasteiger partial charge in [-0.25, -0.2) is 0 Å². The summed E-state index contributed by atoms with van der Waals surface area (Å²) in [6.45, 7) is 2.15. The summed E-state index contributed by atoms with van der Waals surface area (Å²) in [5.41, 5.74) is 13.7. The minimum atomic E-state index is -0.418. The van der Waals surface area contributed by atoms with Crippen LogP contribution in [0.15, 0.2) is 164 Å². The summed E-state index contributed by atoms with van der Waals surface area (Å²) in [5.74, 6) is 0. The molecule has 0 unspecified atom stereocenters. The largest absolute Gasteiger partial charge is 0.0713 e. The molecule has 0 atom stereocenters. The predicted molar refractivity (Wildman–Crippen MR) is 177 cm³/mol. The summed E-state index contributed by atoms with van der Waals surface area (Å²) in [7, 11) is 0. The second-order valence-corrected chi connectivity index (χ2v) is 11.4. The summed E-state index contributed by atoms with van der Waals surface area (Å²) >= 11 is 0. The van der Waals surface area contributed by atoms with Crippen LogP contribution in [-0.2, 0) is 5.41 Å². The molecule has 0 nitrogen and oxygen atoms in total. The number of benzene rings is 7. The molecule has 0 saturated carbocycles. The first kappa shape index (κ1) is 24.6. The molecule has 0 aliphatic heterocycles. The van der Waals surface area contributed by atoms with E-state index in [1.54, 1.807) is 0 Å². The number of rotatable bonds is 4. The maximum absolute atomic E-state index is 2.48. The highest BCUT2D eigenvalue weighted by Gasteiger charge is 2.46. The number of fused-ring (bicyclic) bond motifs is 4. The smallest absolute Gasteiger partial charge is 0.0622 e. The van der Waals surface area contributed by atoms with E-state index in [9.17, 15) is 0 Å². The Morgan fingerprint density at radius 2 is 0.976 bits per heavy atom. The zero-order valence-electron chi connectivity index (χ0n) is 23.6. The van der Waals surface area contributed by atoms with Crippen molar-refractivity contribution in [3.05, 3.63) is 192 Å². The Bertz CT molecular complexity index is 2030. The molecule has 0 fully saturated rings. The summed E-state index contributed by atoms with van der Waals surface area (Å²) in [4.78, 5) is 0. The molecule has 0 amide bonds. The van der Waals surface area contributed by atoms with Crippen molar-refractivity contribution in [1.82, 2.24) is 0 Å². The molecule has 0 spiro atoms. The first-order chi connectivity index (χ1) is 20.7. The van der Waals surface area contributed by atoms with Gasteiger partial charge in [-0.15, -0.1) is 0 Å². The van der Waals surface area contributed by atoms with Crippen LogP contribution in [0.1, 0.15) is 27.8 Å². The van der Waals surface area contributed by atoms with E-state index < -0.39 is 5.41 Å². The van der Waals surface area contributed by atoms with Crippen LogP contribution in [-0.4, -0.2) is 0 Å². The quantitative estimate of drug-likeness (QED) is 0.211. The van der Waals surface area contributed by atoms with E-state index in [1.807, 2.05) is 0 Å². The molecule has 0 N–H and O–H groups in total. The van der Waals surface area contributed by atoms with Gasteiger partial charge in [0.2, 0.25) is 0 Å². The van der Waals surface area contributed by atoms with Crippen molar-refractivity contribution in [3.63, 3.8) is 0 Å². The highest BCUT2D eigenvalue weighted by molar-refractivity contribution is 6.05. The average molecular weight is 535 g/mol. The Morgan fingerprint density at radius 1 is 0.405 bits per heavy atom. The molecule has 0 bridgehead atoms. The van der Waals surface area contributed by atoms with Crippen molar-refractivity contribution in [2.24, 2.45) is 0 Å². The van der Waals surface area contributed by atoms with Crippen LogP contribution in [0, 0.1) is 6.92 Å². The molecule has 42 heavy (non-hydrogen) atoms. The molecular formula is C42H30. The predicted octanol–water partition coefficient (Wildman–Crippen LogP) is 10.8. The van der Waals surface area contributed by atoms with Gasteiger partial charge >= 0.3 is 0 Å². The zero-order chi connectivity index (χ0) is 28.1. The Balaban J connectivity index is 1.48. The maximum Gasteiger partial charge on any atom is 0.0713 e. The van der Waals surface area contributed by atoms with Crippen LogP contribution in [0.3, 0.4) is 0 Å². The Hall–Kier alpha value is -5.20. The molecule has 7 aromatic rings. The van der Waals surface area contributed by atoms with Crippen LogP contribution in [0.2, 0.25) is 0 Å². The molecular weight excluding hydrogens is 504 g/mol. The summed E-state index contributed by atoms with van der Waals surface area (Å²) in [6.07, 6.45) is 0. The third-order valence-corrected chi connectivity index (χ3v) is 9.04. The Labute approximate surface area is 247 Å². The molecule has 0 aromatic heterocycles. The third-order valence-electron chi connectivity index (χ3n) is 9.04. The van der Waals surface area contributed by atoms with E-state index in [0.717, 1.165) is 0 Å². The van der Waals surface area contributed by atoms with Gasteiger partial charge in [0.25, 0.3) is 0 Å². The fourth-order valence-electron chi connectivity index (χ4n) is 7.16. The average Bonchev–Trinajstić information content (AvgIpc) is 3.36. The number of hydrogen-bond donors (Lipinski definition) is 0. The second-order valence-electron chi connectivity index (χ2n) is 11.4. The van der Waals surface area contributed by atoms with E-state index in [2.05, 4.69) is 171 Å². The molecule has 1 aliphatic carbocycles. The maximum atomic E-state index is 2.48. The molecule has 1 aliphatic rings. The summed E-state index contributed by atoms with van der Waals surface area (Å²) in [6, 6.07) is 60.5. The van der Waals surface area contributed by atoms with E-state index in [0.29, 0.717) is 0 Å². The molecule has 7 aromatic carbocycles. The standard InChI is InChI=1S/C42H30/c1-29-20-22-31(23-21-29)36-26-24-30-12-8-9-17-35(30)41(36)32-25-27-38-37-18-10-11-19-39(37)42(40(38)28-32,33-13-4-2-5-14-33)34-15-6-3-7-16-34/h2-28H,1H3. The third kappa shape index (κ3) is 3.62. The van der Waals surface area contributed by atoms with E-state index in [-0.39, 0.29) is 0 Å². The zero-order valence-corrected chi connectivity index (χ0v) is 23.6. The Morgan fingerprint density at radius 3 is 1.71 bits per heavy atom. The van der Waals surface area contributed by atoms with Crippen LogP contribution in [0.5, 0.6) is 0 Å². The molecule has 8 rings (SSSR count). The lowest BCUT2D eigenvalue weighted by atomic mass is 9.67. The topological polar surface area (TPSA) is 0 Å². The number of hydrogen-bond acceptors (Lipinski definition) is 0. The second kappa shape index (κ2) is 9.72. The minimum absolute atomic E-state index is 0.418. The first-order valence-electron chi connectivity index (χ1n) is 14.7. The lowest BCUT2D eigenvalue weighted by Gasteiger charge is -2.34. The highest BCUT2D eigenvalue weighted by Crippen LogP contribution is 2.57. The van der Waals surface area contributed by atoms with E-state index in [4.69, 9.17) is 0 Å².